The van der Waals surface area contributed by atoms with E-state index in [1.54, 1.807) is 18.0 Å². The van der Waals surface area contributed by atoms with E-state index in [2.05, 4.69) is 5.10 Å². The monoisotopic (exact) mass is 302 g/mol. The van der Waals surface area contributed by atoms with Crippen molar-refractivity contribution in [3.63, 3.8) is 0 Å². The lowest BCUT2D eigenvalue weighted by Gasteiger charge is -2.36. The van der Waals surface area contributed by atoms with Gasteiger partial charge in [0.25, 0.3) is 0 Å². The second-order valence-corrected chi connectivity index (χ2v) is 5.67. The Morgan fingerprint density at radius 3 is 2.95 bits per heavy atom. The molecule has 114 valence electrons. The predicted octanol–water partition coefficient (Wildman–Crippen LogP) is 2.42. The van der Waals surface area contributed by atoms with Crippen molar-refractivity contribution in [1.29, 1.82) is 0 Å². The number of aromatic nitrogens is 2. The van der Waals surface area contributed by atoms with E-state index in [0.29, 0.717) is 42.3 Å². The van der Waals surface area contributed by atoms with Crippen LogP contribution < -0.4 is 0 Å². The first-order valence-corrected chi connectivity index (χ1v) is 7.53. The number of rotatable bonds is 8. The van der Waals surface area contributed by atoms with Crippen LogP contribution in [-0.2, 0) is 16.0 Å². The Bertz CT molecular complexity index is 419. The van der Waals surface area contributed by atoms with Gasteiger partial charge < -0.3 is 14.6 Å². The molecule has 1 aromatic rings. The lowest BCUT2D eigenvalue weighted by atomic mass is 9.78. The van der Waals surface area contributed by atoms with E-state index >= 15 is 0 Å². The summed E-state index contributed by atoms with van der Waals surface area (Å²) in [5.74, 6) is 0.503. The van der Waals surface area contributed by atoms with Crippen molar-refractivity contribution in [3.05, 3.63) is 16.9 Å². The maximum atomic E-state index is 10.4. The van der Waals surface area contributed by atoms with E-state index < -0.39 is 6.10 Å². The van der Waals surface area contributed by atoms with Crippen molar-refractivity contribution in [2.45, 2.75) is 44.9 Å². The number of hydrogen-bond donors (Lipinski definition) is 1. The molecule has 1 aliphatic carbocycles. The number of aliphatic hydroxyl groups excluding tert-OH is 1. The lowest BCUT2D eigenvalue weighted by Crippen LogP contribution is -2.32. The Morgan fingerprint density at radius 1 is 1.55 bits per heavy atom. The molecule has 1 heterocycles. The first-order valence-electron chi connectivity index (χ1n) is 7.15. The molecule has 1 unspecified atom stereocenters. The zero-order valence-corrected chi connectivity index (χ0v) is 12.8. The Balaban J connectivity index is 1.89. The molecule has 0 aromatic carbocycles. The highest BCUT2D eigenvalue weighted by atomic mass is 35.5. The van der Waals surface area contributed by atoms with Crippen molar-refractivity contribution < 1.29 is 14.6 Å². The molecule has 0 bridgehead atoms. The van der Waals surface area contributed by atoms with Crippen LogP contribution in [0.2, 0.25) is 5.02 Å². The fourth-order valence-corrected chi connectivity index (χ4v) is 2.99. The Kier molecular flexibility index (Phi) is 5.84. The second kappa shape index (κ2) is 7.41. The highest BCUT2D eigenvalue weighted by Gasteiger charge is 2.32. The standard InChI is InChI=1S/C14H23ClN2O3/c1-3-20-11-6-10(7-11)8-13(18)14-12(15)9-16-17(14)4-5-19-2/h9-11,13,18H,3-8H2,1-2H3. The van der Waals surface area contributed by atoms with Crippen LogP contribution in [0.25, 0.3) is 0 Å². The van der Waals surface area contributed by atoms with Crippen molar-refractivity contribution in [1.82, 2.24) is 9.78 Å². The summed E-state index contributed by atoms with van der Waals surface area (Å²) >= 11 is 6.13. The van der Waals surface area contributed by atoms with Crippen LogP contribution >= 0.6 is 11.6 Å². The molecule has 0 radical (unpaired) electrons. The number of halogens is 1. The largest absolute Gasteiger partial charge is 0.387 e. The zero-order valence-electron chi connectivity index (χ0n) is 12.1. The molecule has 1 N–H and O–H groups in total. The van der Waals surface area contributed by atoms with Crippen LogP contribution in [0, 0.1) is 5.92 Å². The van der Waals surface area contributed by atoms with Crippen LogP contribution in [0.15, 0.2) is 6.20 Å². The van der Waals surface area contributed by atoms with Gasteiger partial charge in [-0.3, -0.25) is 4.68 Å². The third kappa shape index (κ3) is 3.73. The van der Waals surface area contributed by atoms with E-state index in [-0.39, 0.29) is 0 Å². The zero-order chi connectivity index (χ0) is 14.5. The summed E-state index contributed by atoms with van der Waals surface area (Å²) in [6.45, 7) is 3.92. The third-order valence-electron chi connectivity index (χ3n) is 3.81. The molecule has 20 heavy (non-hydrogen) atoms. The van der Waals surface area contributed by atoms with Gasteiger partial charge in [0.15, 0.2) is 0 Å². The van der Waals surface area contributed by atoms with Crippen LogP contribution in [0.3, 0.4) is 0 Å². The molecule has 1 aromatic heterocycles. The van der Waals surface area contributed by atoms with Crippen molar-refractivity contribution in [2.24, 2.45) is 5.92 Å². The van der Waals surface area contributed by atoms with E-state index in [0.717, 1.165) is 19.4 Å². The molecule has 0 amide bonds. The van der Waals surface area contributed by atoms with Crippen LogP contribution in [-0.4, -0.2) is 41.3 Å². The highest BCUT2D eigenvalue weighted by Crippen LogP contribution is 2.38. The summed E-state index contributed by atoms with van der Waals surface area (Å²) in [5, 5.41) is 15.1. The van der Waals surface area contributed by atoms with Crippen LogP contribution in [0.1, 0.15) is 38.0 Å². The minimum absolute atomic E-state index is 0.367. The fraction of sp³-hybridized carbons (Fsp3) is 0.786. The van der Waals surface area contributed by atoms with Gasteiger partial charge in [-0.15, -0.1) is 0 Å². The molecule has 2 rings (SSSR count). The molecule has 1 atom stereocenters. The van der Waals surface area contributed by atoms with Gasteiger partial charge in [-0.05, 0) is 32.1 Å². The number of hydrogen-bond acceptors (Lipinski definition) is 4. The Morgan fingerprint density at radius 2 is 2.30 bits per heavy atom. The molecule has 5 nitrogen and oxygen atoms in total. The predicted molar refractivity (Wildman–Crippen MR) is 76.8 cm³/mol. The van der Waals surface area contributed by atoms with E-state index in [1.165, 1.54) is 0 Å². The minimum atomic E-state index is -0.575. The van der Waals surface area contributed by atoms with Crippen LogP contribution in [0.5, 0.6) is 0 Å². The summed E-state index contributed by atoms with van der Waals surface area (Å²) in [7, 11) is 1.64. The van der Waals surface area contributed by atoms with Gasteiger partial charge in [0.2, 0.25) is 0 Å². The molecule has 0 aliphatic heterocycles. The van der Waals surface area contributed by atoms with Crippen molar-refractivity contribution >= 4 is 11.6 Å². The first-order chi connectivity index (χ1) is 9.65. The number of methoxy groups -OCH3 is 1. The lowest BCUT2D eigenvalue weighted by molar-refractivity contribution is -0.0387. The molecule has 1 fully saturated rings. The Hall–Kier alpha value is -0.620. The van der Waals surface area contributed by atoms with Gasteiger partial charge in [-0.25, -0.2) is 0 Å². The van der Waals surface area contributed by atoms with Crippen LogP contribution in [0.4, 0.5) is 0 Å². The normalized spacial score (nSPS) is 23.6. The topological polar surface area (TPSA) is 56.5 Å². The summed E-state index contributed by atoms with van der Waals surface area (Å²) < 4.78 is 12.3. The first kappa shape index (κ1) is 15.8. The quantitative estimate of drug-likeness (QED) is 0.801. The average Bonchev–Trinajstić information content (AvgIpc) is 2.75. The van der Waals surface area contributed by atoms with Gasteiger partial charge in [-0.2, -0.15) is 5.10 Å². The highest BCUT2D eigenvalue weighted by molar-refractivity contribution is 6.31. The molecule has 0 saturated heterocycles. The molecule has 6 heteroatoms. The van der Waals surface area contributed by atoms with Gasteiger partial charge in [0, 0.05) is 13.7 Å². The second-order valence-electron chi connectivity index (χ2n) is 5.26. The van der Waals surface area contributed by atoms with Gasteiger partial charge >= 0.3 is 0 Å². The number of ether oxygens (including phenoxy) is 2. The summed E-state index contributed by atoms with van der Waals surface area (Å²) in [6.07, 6.45) is 4.13. The minimum Gasteiger partial charge on any atom is -0.387 e. The Labute approximate surface area is 124 Å². The average molecular weight is 303 g/mol. The maximum absolute atomic E-state index is 10.4. The summed E-state index contributed by atoms with van der Waals surface area (Å²) in [6, 6.07) is 0. The van der Waals surface area contributed by atoms with E-state index in [9.17, 15) is 5.11 Å². The fourth-order valence-electron chi connectivity index (χ4n) is 2.73. The van der Waals surface area contributed by atoms with E-state index in [4.69, 9.17) is 21.1 Å². The molecule has 0 spiro atoms. The van der Waals surface area contributed by atoms with Crippen molar-refractivity contribution in [3.8, 4) is 0 Å². The SMILES string of the molecule is CCOC1CC(CC(O)c2c(Cl)cnn2CCOC)C1. The number of aliphatic hydroxyl groups is 1. The molecule has 1 aliphatic rings. The number of nitrogens with zero attached hydrogens (tertiary/aromatic N) is 2. The molecule has 1 saturated carbocycles. The van der Waals surface area contributed by atoms with Gasteiger partial charge in [0.1, 0.15) is 0 Å². The summed E-state index contributed by atoms with van der Waals surface area (Å²) in [5.41, 5.74) is 0.698. The maximum Gasteiger partial charge on any atom is 0.0974 e. The molecular weight excluding hydrogens is 280 g/mol. The van der Waals surface area contributed by atoms with Gasteiger partial charge in [-0.1, -0.05) is 11.6 Å². The summed E-state index contributed by atoms with van der Waals surface area (Å²) in [4.78, 5) is 0. The smallest absolute Gasteiger partial charge is 0.0974 e. The van der Waals surface area contributed by atoms with Gasteiger partial charge in [0.05, 0.1) is 42.3 Å². The third-order valence-corrected chi connectivity index (χ3v) is 4.10. The van der Waals surface area contributed by atoms with Crippen molar-refractivity contribution in [2.75, 3.05) is 20.3 Å². The molecular formula is C14H23ClN2O3. The van der Waals surface area contributed by atoms with E-state index in [1.807, 2.05) is 6.92 Å².